The zero-order valence-corrected chi connectivity index (χ0v) is 15.7. The van der Waals surface area contributed by atoms with Crippen LogP contribution in [0, 0.1) is 0 Å². The third kappa shape index (κ3) is 12.1. The highest BCUT2D eigenvalue weighted by Crippen LogP contribution is 2.17. The lowest BCUT2D eigenvalue weighted by Crippen LogP contribution is -2.47. The standard InChI is InChI=1S/C17H40N4/c1-8-10-17(2,11-15-20(5)6)18-12-16-21(7)14-9-13-19(3)4/h18H,8-16H2,1-7H3. The van der Waals surface area contributed by atoms with Crippen molar-refractivity contribution in [2.45, 2.75) is 45.1 Å². The monoisotopic (exact) mass is 300 g/mol. The summed E-state index contributed by atoms with van der Waals surface area (Å²) in [6.45, 7) is 10.4. The predicted octanol–water partition coefficient (Wildman–Crippen LogP) is 1.97. The summed E-state index contributed by atoms with van der Waals surface area (Å²) in [5.41, 5.74) is 0.281. The maximum absolute atomic E-state index is 3.80. The zero-order valence-electron chi connectivity index (χ0n) is 15.7. The third-order valence-electron chi connectivity index (χ3n) is 4.10. The van der Waals surface area contributed by atoms with Gasteiger partial charge in [-0.2, -0.15) is 0 Å². The van der Waals surface area contributed by atoms with Crippen LogP contribution in [0.3, 0.4) is 0 Å². The van der Waals surface area contributed by atoms with E-state index >= 15 is 0 Å². The maximum Gasteiger partial charge on any atom is 0.0165 e. The molecule has 1 atom stereocenters. The summed E-state index contributed by atoms with van der Waals surface area (Å²) in [6, 6.07) is 0. The highest BCUT2D eigenvalue weighted by Gasteiger charge is 2.22. The van der Waals surface area contributed by atoms with Crippen molar-refractivity contribution >= 4 is 0 Å². The van der Waals surface area contributed by atoms with Crippen molar-refractivity contribution in [1.82, 2.24) is 20.0 Å². The first-order valence-corrected chi connectivity index (χ1v) is 8.52. The average molecular weight is 301 g/mol. The van der Waals surface area contributed by atoms with E-state index in [1.807, 2.05) is 0 Å². The Labute approximate surface area is 133 Å². The Morgan fingerprint density at radius 3 is 1.95 bits per heavy atom. The Bertz CT molecular complexity index is 243. The van der Waals surface area contributed by atoms with E-state index in [-0.39, 0.29) is 5.54 Å². The van der Waals surface area contributed by atoms with Gasteiger partial charge in [0.15, 0.2) is 0 Å². The van der Waals surface area contributed by atoms with Gasteiger partial charge >= 0.3 is 0 Å². The van der Waals surface area contributed by atoms with E-state index in [4.69, 9.17) is 0 Å². The molecule has 0 amide bonds. The third-order valence-corrected chi connectivity index (χ3v) is 4.10. The Balaban J connectivity index is 3.95. The summed E-state index contributed by atoms with van der Waals surface area (Å²) < 4.78 is 0. The molecule has 21 heavy (non-hydrogen) atoms. The van der Waals surface area contributed by atoms with Crippen LogP contribution >= 0.6 is 0 Å². The molecule has 0 aliphatic rings. The van der Waals surface area contributed by atoms with Crippen molar-refractivity contribution in [3.05, 3.63) is 0 Å². The van der Waals surface area contributed by atoms with Gasteiger partial charge in [-0.15, -0.1) is 0 Å². The van der Waals surface area contributed by atoms with E-state index in [1.165, 1.54) is 38.8 Å². The molecular weight excluding hydrogens is 260 g/mol. The summed E-state index contributed by atoms with van der Waals surface area (Å²) in [5.74, 6) is 0. The first-order valence-electron chi connectivity index (χ1n) is 8.52. The minimum atomic E-state index is 0.281. The summed E-state index contributed by atoms with van der Waals surface area (Å²) in [5, 5.41) is 3.80. The Kier molecular flexibility index (Phi) is 11.3. The van der Waals surface area contributed by atoms with Crippen LogP contribution in [0.1, 0.15) is 39.5 Å². The van der Waals surface area contributed by atoms with Crippen LogP contribution < -0.4 is 5.32 Å². The molecular formula is C17H40N4. The number of nitrogens with zero attached hydrogens (tertiary/aromatic N) is 3. The topological polar surface area (TPSA) is 21.8 Å². The molecule has 0 spiro atoms. The van der Waals surface area contributed by atoms with Crippen LogP contribution in [0.25, 0.3) is 0 Å². The van der Waals surface area contributed by atoms with E-state index in [1.54, 1.807) is 0 Å². The lowest BCUT2D eigenvalue weighted by Gasteiger charge is -2.33. The van der Waals surface area contributed by atoms with Crippen molar-refractivity contribution in [3.8, 4) is 0 Å². The smallest absolute Gasteiger partial charge is 0.0165 e. The van der Waals surface area contributed by atoms with E-state index < -0.39 is 0 Å². The average Bonchev–Trinajstić information content (AvgIpc) is 2.36. The van der Waals surface area contributed by atoms with Gasteiger partial charge in [0.25, 0.3) is 0 Å². The van der Waals surface area contributed by atoms with Crippen LogP contribution in [-0.4, -0.2) is 88.2 Å². The number of likely N-dealkylation sites (N-methyl/N-ethyl adjacent to an activating group) is 1. The van der Waals surface area contributed by atoms with Gasteiger partial charge in [-0.05, 0) is 81.1 Å². The molecule has 0 saturated carbocycles. The van der Waals surface area contributed by atoms with Gasteiger partial charge in [-0.25, -0.2) is 0 Å². The molecule has 0 aromatic rings. The van der Waals surface area contributed by atoms with Gasteiger partial charge in [-0.1, -0.05) is 13.3 Å². The molecule has 4 nitrogen and oxygen atoms in total. The van der Waals surface area contributed by atoms with Crippen LogP contribution in [0.15, 0.2) is 0 Å². The number of hydrogen-bond acceptors (Lipinski definition) is 4. The summed E-state index contributed by atoms with van der Waals surface area (Å²) in [4.78, 5) is 6.98. The molecule has 0 heterocycles. The lowest BCUT2D eigenvalue weighted by molar-refractivity contribution is 0.241. The van der Waals surface area contributed by atoms with E-state index in [0.717, 1.165) is 19.6 Å². The van der Waals surface area contributed by atoms with Crippen molar-refractivity contribution < 1.29 is 0 Å². The van der Waals surface area contributed by atoms with Gasteiger partial charge in [-0.3, -0.25) is 0 Å². The predicted molar refractivity (Wildman–Crippen MR) is 95.2 cm³/mol. The van der Waals surface area contributed by atoms with Crippen molar-refractivity contribution in [1.29, 1.82) is 0 Å². The fraction of sp³-hybridized carbons (Fsp3) is 1.00. The number of rotatable bonds is 13. The fourth-order valence-corrected chi connectivity index (χ4v) is 2.64. The molecule has 0 saturated heterocycles. The summed E-state index contributed by atoms with van der Waals surface area (Å²) >= 11 is 0. The number of hydrogen-bond donors (Lipinski definition) is 1. The molecule has 1 unspecified atom stereocenters. The van der Waals surface area contributed by atoms with Gasteiger partial charge in [0.1, 0.15) is 0 Å². The zero-order chi connectivity index (χ0) is 16.3. The molecule has 0 bridgehead atoms. The van der Waals surface area contributed by atoms with Crippen LogP contribution in [0.4, 0.5) is 0 Å². The van der Waals surface area contributed by atoms with Crippen LogP contribution in [-0.2, 0) is 0 Å². The minimum absolute atomic E-state index is 0.281. The quantitative estimate of drug-likeness (QED) is 0.561. The SMILES string of the molecule is CCCC(C)(CCN(C)C)NCCN(C)CCCN(C)C. The van der Waals surface area contributed by atoms with Crippen LogP contribution in [0.5, 0.6) is 0 Å². The fourth-order valence-electron chi connectivity index (χ4n) is 2.64. The van der Waals surface area contributed by atoms with Crippen molar-refractivity contribution in [3.63, 3.8) is 0 Å². The Hall–Kier alpha value is -0.160. The second kappa shape index (κ2) is 11.4. The van der Waals surface area contributed by atoms with E-state index in [0.29, 0.717) is 0 Å². The highest BCUT2D eigenvalue weighted by molar-refractivity contribution is 4.83. The molecule has 1 N–H and O–H groups in total. The van der Waals surface area contributed by atoms with Crippen molar-refractivity contribution in [2.24, 2.45) is 0 Å². The van der Waals surface area contributed by atoms with E-state index in [2.05, 4.69) is 69.1 Å². The summed E-state index contributed by atoms with van der Waals surface area (Å²) in [6.07, 6.45) is 4.97. The molecule has 128 valence electrons. The molecule has 0 aromatic heterocycles. The van der Waals surface area contributed by atoms with Crippen molar-refractivity contribution in [2.75, 3.05) is 68.0 Å². The molecule has 0 radical (unpaired) electrons. The minimum Gasteiger partial charge on any atom is -0.310 e. The van der Waals surface area contributed by atoms with Gasteiger partial charge < -0.3 is 20.0 Å². The normalized spacial score (nSPS) is 15.1. The molecule has 0 aromatic carbocycles. The van der Waals surface area contributed by atoms with Gasteiger partial charge in [0, 0.05) is 18.6 Å². The lowest BCUT2D eigenvalue weighted by atomic mass is 9.92. The molecule has 0 rings (SSSR count). The second-order valence-corrected chi connectivity index (χ2v) is 7.25. The first-order chi connectivity index (χ1) is 9.79. The first kappa shape index (κ1) is 20.8. The van der Waals surface area contributed by atoms with Crippen LogP contribution in [0.2, 0.25) is 0 Å². The Morgan fingerprint density at radius 2 is 1.43 bits per heavy atom. The summed E-state index contributed by atoms with van der Waals surface area (Å²) in [7, 11) is 10.8. The van der Waals surface area contributed by atoms with Gasteiger partial charge in [0.05, 0.1) is 0 Å². The number of nitrogens with one attached hydrogen (secondary N) is 1. The van der Waals surface area contributed by atoms with Gasteiger partial charge in [0.2, 0.25) is 0 Å². The molecule has 4 heteroatoms. The second-order valence-electron chi connectivity index (χ2n) is 7.25. The molecule has 0 aliphatic heterocycles. The Morgan fingerprint density at radius 1 is 0.810 bits per heavy atom. The van der Waals surface area contributed by atoms with E-state index in [9.17, 15) is 0 Å². The molecule has 0 aliphatic carbocycles. The maximum atomic E-state index is 3.80. The largest absolute Gasteiger partial charge is 0.310 e. The molecule has 0 fully saturated rings. The highest BCUT2D eigenvalue weighted by atomic mass is 15.1.